The average molecular weight is 308 g/mol. The number of hydrogen-bond acceptors (Lipinski definition) is 3. The van der Waals surface area contributed by atoms with E-state index in [1.807, 2.05) is 27.7 Å². The lowest BCUT2D eigenvalue weighted by atomic mass is 10.1. The van der Waals surface area contributed by atoms with E-state index in [9.17, 15) is 8.42 Å². The maximum absolute atomic E-state index is 12.6. The number of hydrogen-bond donors (Lipinski definition) is 1. The molecule has 0 spiro atoms. The highest BCUT2D eigenvalue weighted by Gasteiger charge is 2.23. The lowest BCUT2D eigenvalue weighted by Gasteiger charge is -2.22. The molecule has 0 aromatic heterocycles. The Hall–Kier alpha value is -1.35. The summed E-state index contributed by atoms with van der Waals surface area (Å²) in [4.78, 5) is 0.320. The van der Waals surface area contributed by atoms with E-state index < -0.39 is 10.0 Å². The van der Waals surface area contributed by atoms with Gasteiger partial charge in [-0.15, -0.1) is 0 Å². The standard InChI is InChI=1S/C16H24N2O2S/c1-5-18(12-13(2)3)21(19,20)16-9-8-15(7-6-10-17)14(4)11-16/h8-9,11,13H,5,10,12,17H2,1-4H3. The molecule has 0 saturated carbocycles. The van der Waals surface area contributed by atoms with Crippen LogP contribution in [0.25, 0.3) is 0 Å². The van der Waals surface area contributed by atoms with Gasteiger partial charge >= 0.3 is 0 Å². The molecule has 116 valence electrons. The van der Waals surface area contributed by atoms with E-state index in [0.29, 0.717) is 18.0 Å². The van der Waals surface area contributed by atoms with Crippen molar-refractivity contribution < 1.29 is 8.42 Å². The minimum absolute atomic E-state index is 0.288. The Balaban J connectivity index is 3.17. The first-order chi connectivity index (χ1) is 9.82. The lowest BCUT2D eigenvalue weighted by molar-refractivity contribution is 0.381. The van der Waals surface area contributed by atoms with Crippen LogP contribution in [0.5, 0.6) is 0 Å². The first kappa shape index (κ1) is 17.7. The van der Waals surface area contributed by atoms with E-state index in [0.717, 1.165) is 11.1 Å². The fourth-order valence-corrected chi connectivity index (χ4v) is 3.73. The molecule has 21 heavy (non-hydrogen) atoms. The maximum atomic E-state index is 12.6. The van der Waals surface area contributed by atoms with Crippen LogP contribution < -0.4 is 5.73 Å². The van der Waals surface area contributed by atoms with Crippen molar-refractivity contribution in [2.75, 3.05) is 19.6 Å². The predicted molar refractivity (Wildman–Crippen MR) is 86.4 cm³/mol. The molecule has 1 aromatic rings. The van der Waals surface area contributed by atoms with Gasteiger partial charge in [0.1, 0.15) is 0 Å². The summed E-state index contributed by atoms with van der Waals surface area (Å²) in [6.07, 6.45) is 0. The fourth-order valence-electron chi connectivity index (χ4n) is 2.04. The van der Waals surface area contributed by atoms with Crippen LogP contribution in [-0.4, -0.2) is 32.4 Å². The molecular weight excluding hydrogens is 284 g/mol. The summed E-state index contributed by atoms with van der Waals surface area (Å²) in [7, 11) is -3.45. The van der Waals surface area contributed by atoms with Crippen LogP contribution >= 0.6 is 0 Å². The Kier molecular flexibility index (Phi) is 6.41. The van der Waals surface area contributed by atoms with Crippen molar-refractivity contribution in [2.24, 2.45) is 11.7 Å². The smallest absolute Gasteiger partial charge is 0.243 e. The normalized spacial score (nSPS) is 11.6. The lowest BCUT2D eigenvalue weighted by Crippen LogP contribution is -2.34. The zero-order valence-corrected chi connectivity index (χ0v) is 14.0. The molecule has 0 saturated heterocycles. The predicted octanol–water partition coefficient (Wildman–Crippen LogP) is 1.97. The van der Waals surface area contributed by atoms with Gasteiger partial charge in [0.05, 0.1) is 11.4 Å². The Morgan fingerprint density at radius 1 is 1.33 bits per heavy atom. The highest BCUT2D eigenvalue weighted by molar-refractivity contribution is 7.89. The van der Waals surface area contributed by atoms with Gasteiger partial charge in [-0.1, -0.05) is 32.6 Å². The molecule has 1 rings (SSSR count). The summed E-state index contributed by atoms with van der Waals surface area (Å²) in [6.45, 7) is 9.01. The minimum Gasteiger partial charge on any atom is -0.320 e. The van der Waals surface area contributed by atoms with Crippen molar-refractivity contribution in [3.63, 3.8) is 0 Å². The Morgan fingerprint density at radius 3 is 2.48 bits per heavy atom. The molecule has 0 amide bonds. The molecule has 1 aromatic carbocycles. The molecule has 0 aliphatic rings. The molecule has 0 atom stereocenters. The molecule has 0 aliphatic heterocycles. The first-order valence-corrected chi connectivity index (χ1v) is 8.56. The van der Waals surface area contributed by atoms with Crippen LogP contribution in [0, 0.1) is 24.7 Å². The highest BCUT2D eigenvalue weighted by atomic mass is 32.2. The number of rotatable bonds is 5. The number of benzene rings is 1. The molecule has 0 heterocycles. The van der Waals surface area contributed by atoms with Crippen LogP contribution in [0.4, 0.5) is 0 Å². The van der Waals surface area contributed by atoms with Crippen molar-refractivity contribution in [3.05, 3.63) is 29.3 Å². The molecule has 0 radical (unpaired) electrons. The van der Waals surface area contributed by atoms with Crippen LogP contribution in [0.1, 0.15) is 31.9 Å². The van der Waals surface area contributed by atoms with Gasteiger partial charge in [-0.05, 0) is 36.6 Å². The van der Waals surface area contributed by atoms with Gasteiger partial charge in [-0.2, -0.15) is 4.31 Å². The number of nitrogens with two attached hydrogens (primary N) is 1. The highest BCUT2D eigenvalue weighted by Crippen LogP contribution is 2.20. The molecule has 0 unspecified atom stereocenters. The summed E-state index contributed by atoms with van der Waals surface area (Å²) >= 11 is 0. The van der Waals surface area contributed by atoms with Crippen LogP contribution in [0.15, 0.2) is 23.1 Å². The summed E-state index contributed by atoms with van der Waals surface area (Å²) < 4.78 is 26.8. The summed E-state index contributed by atoms with van der Waals surface area (Å²) in [5.41, 5.74) is 7.01. The molecular formula is C16H24N2O2S. The van der Waals surface area contributed by atoms with E-state index in [1.54, 1.807) is 18.2 Å². The van der Waals surface area contributed by atoms with Gasteiger partial charge in [0.15, 0.2) is 0 Å². The molecule has 0 bridgehead atoms. The summed E-state index contributed by atoms with van der Waals surface area (Å²) in [6, 6.07) is 5.04. The van der Waals surface area contributed by atoms with Crippen molar-refractivity contribution in [1.82, 2.24) is 4.31 Å². The maximum Gasteiger partial charge on any atom is 0.243 e. The van der Waals surface area contributed by atoms with Gasteiger partial charge in [-0.25, -0.2) is 8.42 Å². The van der Waals surface area contributed by atoms with E-state index in [2.05, 4.69) is 11.8 Å². The average Bonchev–Trinajstić information content (AvgIpc) is 2.42. The van der Waals surface area contributed by atoms with E-state index in [-0.39, 0.29) is 12.5 Å². The SMILES string of the molecule is CCN(CC(C)C)S(=O)(=O)c1ccc(C#CCN)c(C)c1. The van der Waals surface area contributed by atoms with Gasteiger partial charge in [0.25, 0.3) is 0 Å². The number of sulfonamides is 1. The summed E-state index contributed by atoms with van der Waals surface area (Å²) in [5, 5.41) is 0. The van der Waals surface area contributed by atoms with E-state index in [4.69, 9.17) is 5.73 Å². The number of aryl methyl sites for hydroxylation is 1. The molecule has 0 fully saturated rings. The zero-order chi connectivity index (χ0) is 16.0. The molecule has 0 aliphatic carbocycles. The topological polar surface area (TPSA) is 63.4 Å². The zero-order valence-electron chi connectivity index (χ0n) is 13.2. The van der Waals surface area contributed by atoms with Crippen molar-refractivity contribution in [3.8, 4) is 11.8 Å². The molecule has 5 heteroatoms. The second-order valence-corrected chi connectivity index (χ2v) is 7.27. The second kappa shape index (κ2) is 7.60. The third-order valence-corrected chi connectivity index (χ3v) is 5.02. The quantitative estimate of drug-likeness (QED) is 0.846. The Labute approximate surface area is 128 Å². The largest absolute Gasteiger partial charge is 0.320 e. The second-order valence-electron chi connectivity index (χ2n) is 5.33. The van der Waals surface area contributed by atoms with Crippen molar-refractivity contribution >= 4 is 10.0 Å². The minimum atomic E-state index is -3.45. The van der Waals surface area contributed by atoms with Crippen LogP contribution in [-0.2, 0) is 10.0 Å². The first-order valence-electron chi connectivity index (χ1n) is 7.12. The fraction of sp³-hybridized carbons (Fsp3) is 0.500. The van der Waals surface area contributed by atoms with Gasteiger partial charge < -0.3 is 5.73 Å². The van der Waals surface area contributed by atoms with Gasteiger partial charge in [-0.3, -0.25) is 0 Å². The van der Waals surface area contributed by atoms with E-state index in [1.165, 1.54) is 4.31 Å². The van der Waals surface area contributed by atoms with Gasteiger partial charge in [0, 0.05) is 18.7 Å². The summed E-state index contributed by atoms with van der Waals surface area (Å²) in [5.74, 6) is 6.01. The third-order valence-electron chi connectivity index (χ3n) is 3.08. The number of nitrogens with zero attached hydrogens (tertiary/aromatic N) is 1. The van der Waals surface area contributed by atoms with Crippen molar-refractivity contribution in [1.29, 1.82) is 0 Å². The Morgan fingerprint density at radius 2 is 2.00 bits per heavy atom. The van der Waals surface area contributed by atoms with E-state index >= 15 is 0 Å². The van der Waals surface area contributed by atoms with Gasteiger partial charge in [0.2, 0.25) is 10.0 Å². The van der Waals surface area contributed by atoms with Crippen LogP contribution in [0.3, 0.4) is 0 Å². The molecule has 4 nitrogen and oxygen atoms in total. The monoisotopic (exact) mass is 308 g/mol. The third kappa shape index (κ3) is 4.57. The molecule has 2 N–H and O–H groups in total. The Bertz CT molecular complexity index is 640. The van der Waals surface area contributed by atoms with Crippen LogP contribution in [0.2, 0.25) is 0 Å². The van der Waals surface area contributed by atoms with Crippen molar-refractivity contribution in [2.45, 2.75) is 32.6 Å².